The van der Waals surface area contributed by atoms with Gasteiger partial charge in [0.05, 0.1) is 17.1 Å². The SMILES string of the molecule is Cc1ccc(S(=O)(=O)NCCOCC(F)F)cc1C(=O)O. The summed E-state index contributed by atoms with van der Waals surface area (Å²) in [5, 5.41) is 8.95. The monoisotopic (exact) mass is 323 g/mol. The molecule has 0 saturated carbocycles. The van der Waals surface area contributed by atoms with E-state index in [9.17, 15) is 22.0 Å². The maximum atomic E-state index is 11.9. The molecule has 0 amide bonds. The van der Waals surface area contributed by atoms with E-state index in [1.807, 2.05) is 0 Å². The number of rotatable bonds is 8. The minimum absolute atomic E-state index is 0.119. The zero-order valence-electron chi connectivity index (χ0n) is 11.2. The lowest BCUT2D eigenvalue weighted by Gasteiger charge is -2.09. The Morgan fingerprint density at radius 2 is 2.10 bits per heavy atom. The number of nitrogens with one attached hydrogen (secondary N) is 1. The highest BCUT2D eigenvalue weighted by molar-refractivity contribution is 7.89. The van der Waals surface area contributed by atoms with Crippen molar-refractivity contribution in [2.75, 3.05) is 19.8 Å². The van der Waals surface area contributed by atoms with Gasteiger partial charge in [0.15, 0.2) is 0 Å². The molecule has 0 saturated heterocycles. The third kappa shape index (κ3) is 5.37. The topological polar surface area (TPSA) is 92.7 Å². The minimum atomic E-state index is -3.91. The van der Waals surface area contributed by atoms with Gasteiger partial charge in [0, 0.05) is 6.54 Å². The number of carboxylic acid groups (broad SMARTS) is 1. The van der Waals surface area contributed by atoms with Crippen LogP contribution in [0.25, 0.3) is 0 Å². The third-order valence-electron chi connectivity index (χ3n) is 2.53. The lowest BCUT2D eigenvalue weighted by molar-refractivity contribution is 0.0199. The maximum absolute atomic E-state index is 11.9. The third-order valence-corrected chi connectivity index (χ3v) is 3.99. The van der Waals surface area contributed by atoms with Gasteiger partial charge in [-0.2, -0.15) is 0 Å². The first-order valence-electron chi connectivity index (χ1n) is 5.93. The van der Waals surface area contributed by atoms with E-state index in [1.54, 1.807) is 6.92 Å². The van der Waals surface area contributed by atoms with E-state index < -0.39 is 29.0 Å². The molecule has 6 nitrogen and oxygen atoms in total. The quantitative estimate of drug-likeness (QED) is 0.703. The van der Waals surface area contributed by atoms with Crippen LogP contribution in [-0.2, 0) is 14.8 Å². The lowest BCUT2D eigenvalue weighted by Crippen LogP contribution is -2.28. The Morgan fingerprint density at radius 1 is 1.43 bits per heavy atom. The van der Waals surface area contributed by atoms with Gasteiger partial charge in [0.2, 0.25) is 10.0 Å². The first-order chi connectivity index (χ1) is 9.74. The number of halogens is 2. The fourth-order valence-corrected chi connectivity index (χ4v) is 2.54. The van der Waals surface area contributed by atoms with Crippen molar-refractivity contribution < 1.29 is 31.8 Å². The molecule has 0 aliphatic rings. The van der Waals surface area contributed by atoms with Crippen LogP contribution in [0.1, 0.15) is 15.9 Å². The summed E-state index contributed by atoms with van der Waals surface area (Å²) in [6, 6.07) is 3.69. The van der Waals surface area contributed by atoms with Crippen molar-refractivity contribution in [2.24, 2.45) is 0 Å². The molecule has 0 bridgehead atoms. The van der Waals surface area contributed by atoms with Crippen LogP contribution in [0.5, 0.6) is 0 Å². The molecule has 118 valence electrons. The number of ether oxygens (including phenoxy) is 1. The van der Waals surface area contributed by atoms with Crippen molar-refractivity contribution in [3.05, 3.63) is 29.3 Å². The molecule has 0 spiro atoms. The van der Waals surface area contributed by atoms with E-state index in [2.05, 4.69) is 9.46 Å². The standard InChI is InChI=1S/C12H15F2NO5S/c1-8-2-3-9(6-10(8)12(16)17)21(18,19)15-4-5-20-7-11(13)14/h2-3,6,11,15H,4-5,7H2,1H3,(H,16,17). The van der Waals surface area contributed by atoms with Gasteiger partial charge in [-0.25, -0.2) is 26.7 Å². The highest BCUT2D eigenvalue weighted by atomic mass is 32.2. The van der Waals surface area contributed by atoms with Crippen LogP contribution in [0.2, 0.25) is 0 Å². The average Bonchev–Trinajstić information content (AvgIpc) is 2.37. The van der Waals surface area contributed by atoms with Gasteiger partial charge in [-0.05, 0) is 24.6 Å². The van der Waals surface area contributed by atoms with Gasteiger partial charge in [0.1, 0.15) is 6.61 Å². The predicted octanol–water partition coefficient (Wildman–Crippen LogP) is 1.25. The molecule has 1 aromatic carbocycles. The maximum Gasteiger partial charge on any atom is 0.335 e. The van der Waals surface area contributed by atoms with Gasteiger partial charge < -0.3 is 9.84 Å². The average molecular weight is 323 g/mol. The van der Waals surface area contributed by atoms with Crippen molar-refractivity contribution in [1.82, 2.24) is 4.72 Å². The van der Waals surface area contributed by atoms with Crippen LogP contribution in [0.15, 0.2) is 23.1 Å². The molecule has 0 radical (unpaired) electrons. The fraction of sp³-hybridized carbons (Fsp3) is 0.417. The number of carboxylic acids is 1. The van der Waals surface area contributed by atoms with E-state index in [-0.39, 0.29) is 23.6 Å². The van der Waals surface area contributed by atoms with Gasteiger partial charge in [-0.15, -0.1) is 0 Å². The number of aryl methyl sites for hydroxylation is 1. The second kappa shape index (κ2) is 7.43. The second-order valence-corrected chi connectivity index (χ2v) is 5.91. The summed E-state index contributed by atoms with van der Waals surface area (Å²) < 4.78 is 54.1. The van der Waals surface area contributed by atoms with Crippen molar-refractivity contribution in [1.29, 1.82) is 0 Å². The Balaban J connectivity index is 2.70. The summed E-state index contributed by atoms with van der Waals surface area (Å²) >= 11 is 0. The molecule has 0 aliphatic carbocycles. The van der Waals surface area contributed by atoms with Crippen LogP contribution in [0, 0.1) is 6.92 Å². The Morgan fingerprint density at radius 3 is 2.67 bits per heavy atom. The summed E-state index contributed by atoms with van der Waals surface area (Å²) in [6.07, 6.45) is -2.61. The van der Waals surface area contributed by atoms with Crippen molar-refractivity contribution >= 4 is 16.0 Å². The minimum Gasteiger partial charge on any atom is -0.478 e. The summed E-state index contributed by atoms with van der Waals surface area (Å²) in [6.45, 7) is 0.382. The highest BCUT2D eigenvalue weighted by Crippen LogP contribution is 2.15. The number of sulfonamides is 1. The van der Waals surface area contributed by atoms with E-state index in [0.29, 0.717) is 5.56 Å². The molecule has 0 aliphatic heterocycles. The Labute approximate surface area is 120 Å². The Hall–Kier alpha value is -1.58. The van der Waals surface area contributed by atoms with Crippen LogP contribution >= 0.6 is 0 Å². The number of hydrogen-bond acceptors (Lipinski definition) is 4. The van der Waals surface area contributed by atoms with Crippen molar-refractivity contribution in [2.45, 2.75) is 18.2 Å². The molecule has 0 fully saturated rings. The first kappa shape index (κ1) is 17.5. The van der Waals surface area contributed by atoms with Gasteiger partial charge in [-0.3, -0.25) is 0 Å². The van der Waals surface area contributed by atoms with Crippen LogP contribution in [0.4, 0.5) is 8.78 Å². The fourth-order valence-electron chi connectivity index (χ4n) is 1.50. The van der Waals surface area contributed by atoms with Gasteiger partial charge in [-0.1, -0.05) is 6.07 Å². The Kier molecular flexibility index (Phi) is 6.19. The number of aromatic carboxylic acids is 1. The zero-order valence-corrected chi connectivity index (χ0v) is 12.0. The zero-order chi connectivity index (χ0) is 16.0. The first-order valence-corrected chi connectivity index (χ1v) is 7.42. The number of hydrogen-bond donors (Lipinski definition) is 2. The molecular weight excluding hydrogens is 308 g/mol. The molecule has 2 N–H and O–H groups in total. The number of benzene rings is 1. The molecule has 0 heterocycles. The molecule has 1 rings (SSSR count). The highest BCUT2D eigenvalue weighted by Gasteiger charge is 2.17. The van der Waals surface area contributed by atoms with Crippen molar-refractivity contribution in [3.63, 3.8) is 0 Å². The molecule has 0 aromatic heterocycles. The normalized spacial score (nSPS) is 11.8. The number of alkyl halides is 2. The largest absolute Gasteiger partial charge is 0.478 e. The smallest absolute Gasteiger partial charge is 0.335 e. The second-order valence-electron chi connectivity index (χ2n) is 4.15. The summed E-state index contributed by atoms with van der Waals surface area (Å²) in [7, 11) is -3.91. The molecule has 0 unspecified atom stereocenters. The van der Waals surface area contributed by atoms with E-state index in [1.165, 1.54) is 12.1 Å². The molecule has 0 atom stereocenters. The summed E-state index contributed by atoms with van der Waals surface area (Å²) in [4.78, 5) is 10.7. The van der Waals surface area contributed by atoms with E-state index in [4.69, 9.17) is 5.11 Å². The predicted molar refractivity (Wildman–Crippen MR) is 70.1 cm³/mol. The Bertz CT molecular complexity index is 604. The summed E-state index contributed by atoms with van der Waals surface area (Å²) in [5.41, 5.74) is 0.313. The molecule has 21 heavy (non-hydrogen) atoms. The van der Waals surface area contributed by atoms with Crippen LogP contribution in [-0.4, -0.2) is 45.7 Å². The van der Waals surface area contributed by atoms with E-state index in [0.717, 1.165) is 6.07 Å². The van der Waals surface area contributed by atoms with Crippen LogP contribution < -0.4 is 4.72 Å². The number of carbonyl (C=O) groups is 1. The van der Waals surface area contributed by atoms with Gasteiger partial charge >= 0.3 is 5.97 Å². The van der Waals surface area contributed by atoms with Gasteiger partial charge in [0.25, 0.3) is 6.43 Å². The van der Waals surface area contributed by atoms with Crippen molar-refractivity contribution in [3.8, 4) is 0 Å². The van der Waals surface area contributed by atoms with E-state index >= 15 is 0 Å². The summed E-state index contributed by atoms with van der Waals surface area (Å²) in [5.74, 6) is -1.23. The molecular formula is C12H15F2NO5S. The molecule has 9 heteroatoms. The molecule has 1 aromatic rings. The lowest BCUT2D eigenvalue weighted by atomic mass is 10.1. The van der Waals surface area contributed by atoms with Crippen LogP contribution in [0.3, 0.4) is 0 Å².